The number of anilines is 4. The first-order chi connectivity index (χ1) is 11.6. The van der Waals surface area contributed by atoms with Crippen molar-refractivity contribution in [3.8, 4) is 0 Å². The molecule has 2 aromatic heterocycles. The molecule has 0 bridgehead atoms. The monoisotopic (exact) mass is 326 g/mol. The Morgan fingerprint density at radius 1 is 1.21 bits per heavy atom. The molecule has 0 aliphatic carbocycles. The van der Waals surface area contributed by atoms with Gasteiger partial charge in [-0.2, -0.15) is 10.1 Å². The van der Waals surface area contributed by atoms with E-state index in [-0.39, 0.29) is 5.95 Å². The third-order valence-electron chi connectivity index (χ3n) is 2.98. The molecule has 3 aromatic rings. The summed E-state index contributed by atoms with van der Waals surface area (Å²) in [6, 6.07) is 8.56. The summed E-state index contributed by atoms with van der Waals surface area (Å²) in [5.41, 5.74) is 1.10. The third-order valence-corrected chi connectivity index (χ3v) is 2.98. The average molecular weight is 326 g/mol. The molecular formula is C15H14N6O3. The van der Waals surface area contributed by atoms with E-state index in [1.165, 1.54) is 13.3 Å². The lowest BCUT2D eigenvalue weighted by Crippen LogP contribution is -2.04. The summed E-state index contributed by atoms with van der Waals surface area (Å²) < 4.78 is 9.66. The molecule has 1 aromatic carbocycles. The summed E-state index contributed by atoms with van der Waals surface area (Å²) >= 11 is 0. The van der Waals surface area contributed by atoms with Gasteiger partial charge >= 0.3 is 5.97 Å². The smallest absolute Gasteiger partial charge is 0.337 e. The van der Waals surface area contributed by atoms with Crippen molar-refractivity contribution in [3.05, 3.63) is 47.9 Å². The fourth-order valence-corrected chi connectivity index (χ4v) is 1.95. The van der Waals surface area contributed by atoms with Crippen LogP contribution in [-0.2, 0) is 4.74 Å². The summed E-state index contributed by atoms with van der Waals surface area (Å²) in [6.45, 7) is 1.78. The minimum atomic E-state index is -0.414. The Morgan fingerprint density at radius 3 is 2.83 bits per heavy atom. The van der Waals surface area contributed by atoms with Gasteiger partial charge in [0.2, 0.25) is 5.95 Å². The molecule has 9 heteroatoms. The minimum absolute atomic E-state index is 0.262. The van der Waals surface area contributed by atoms with Gasteiger partial charge < -0.3 is 19.9 Å². The van der Waals surface area contributed by atoms with E-state index in [2.05, 4.69) is 31.0 Å². The van der Waals surface area contributed by atoms with E-state index >= 15 is 0 Å². The van der Waals surface area contributed by atoms with Crippen LogP contribution in [0.25, 0.3) is 0 Å². The first-order valence-corrected chi connectivity index (χ1v) is 6.99. The summed E-state index contributed by atoms with van der Waals surface area (Å²) in [7, 11) is 1.33. The highest BCUT2D eigenvalue weighted by Crippen LogP contribution is 2.18. The number of ether oxygens (including phenoxy) is 1. The zero-order chi connectivity index (χ0) is 16.9. The Kier molecular flexibility index (Phi) is 4.32. The maximum atomic E-state index is 11.6. The van der Waals surface area contributed by atoms with Gasteiger partial charge in [-0.05, 0) is 25.1 Å². The van der Waals surface area contributed by atoms with Crippen LogP contribution in [0, 0.1) is 6.92 Å². The van der Waals surface area contributed by atoms with Crippen molar-refractivity contribution in [2.45, 2.75) is 6.92 Å². The Labute approximate surface area is 137 Å². The number of carbonyl (C=O) groups excluding carboxylic acids is 1. The lowest BCUT2D eigenvalue weighted by molar-refractivity contribution is 0.0601. The third kappa shape index (κ3) is 3.64. The minimum Gasteiger partial charge on any atom is -0.465 e. The maximum absolute atomic E-state index is 11.6. The largest absolute Gasteiger partial charge is 0.465 e. The van der Waals surface area contributed by atoms with Crippen molar-refractivity contribution in [2.24, 2.45) is 0 Å². The maximum Gasteiger partial charge on any atom is 0.337 e. The van der Waals surface area contributed by atoms with Crippen molar-refractivity contribution >= 4 is 29.2 Å². The number of benzene rings is 1. The molecular weight excluding hydrogens is 312 g/mol. The average Bonchev–Trinajstić information content (AvgIpc) is 2.99. The van der Waals surface area contributed by atoms with E-state index in [0.29, 0.717) is 28.6 Å². The van der Waals surface area contributed by atoms with Gasteiger partial charge in [0.25, 0.3) is 0 Å². The van der Waals surface area contributed by atoms with E-state index in [0.717, 1.165) is 0 Å². The zero-order valence-electron chi connectivity index (χ0n) is 13.0. The first kappa shape index (κ1) is 15.4. The SMILES string of the molecule is COC(=O)c1cccc(Nc2cnnc(Nc3cc(C)on3)n2)c1. The molecule has 0 spiro atoms. The molecule has 0 fully saturated rings. The second-order valence-electron chi connectivity index (χ2n) is 4.81. The van der Waals surface area contributed by atoms with Crippen LogP contribution in [0.15, 0.2) is 41.1 Å². The van der Waals surface area contributed by atoms with E-state index < -0.39 is 5.97 Å². The second-order valence-corrected chi connectivity index (χ2v) is 4.81. The normalized spacial score (nSPS) is 10.2. The Balaban J connectivity index is 1.76. The van der Waals surface area contributed by atoms with Gasteiger partial charge in [0.05, 0.1) is 18.9 Å². The summed E-state index contributed by atoms with van der Waals surface area (Å²) in [5.74, 6) is 1.45. The molecule has 2 heterocycles. The highest BCUT2D eigenvalue weighted by molar-refractivity contribution is 5.90. The lowest BCUT2D eigenvalue weighted by Gasteiger charge is -2.07. The topological polar surface area (TPSA) is 115 Å². The predicted molar refractivity (Wildman–Crippen MR) is 85.4 cm³/mol. The van der Waals surface area contributed by atoms with Crippen molar-refractivity contribution < 1.29 is 14.1 Å². The van der Waals surface area contributed by atoms with Crippen LogP contribution in [-0.4, -0.2) is 33.4 Å². The van der Waals surface area contributed by atoms with Crippen LogP contribution in [0.3, 0.4) is 0 Å². The van der Waals surface area contributed by atoms with Gasteiger partial charge in [-0.1, -0.05) is 11.2 Å². The van der Waals surface area contributed by atoms with Crippen molar-refractivity contribution in [1.82, 2.24) is 20.3 Å². The van der Waals surface area contributed by atoms with Crippen molar-refractivity contribution in [1.29, 1.82) is 0 Å². The van der Waals surface area contributed by atoms with Crippen LogP contribution in [0.4, 0.5) is 23.3 Å². The summed E-state index contributed by atoms with van der Waals surface area (Å²) in [6.07, 6.45) is 1.46. The molecule has 0 unspecified atom stereocenters. The Hall–Kier alpha value is -3.49. The number of methoxy groups -OCH3 is 1. The number of aromatic nitrogens is 4. The van der Waals surface area contributed by atoms with E-state index in [9.17, 15) is 4.79 Å². The van der Waals surface area contributed by atoms with Crippen LogP contribution in [0.2, 0.25) is 0 Å². The van der Waals surface area contributed by atoms with E-state index in [4.69, 9.17) is 9.26 Å². The van der Waals surface area contributed by atoms with E-state index in [1.807, 2.05) is 0 Å². The molecule has 9 nitrogen and oxygen atoms in total. The van der Waals surface area contributed by atoms with Crippen LogP contribution in [0.5, 0.6) is 0 Å². The van der Waals surface area contributed by atoms with Crippen LogP contribution in [0.1, 0.15) is 16.1 Å². The van der Waals surface area contributed by atoms with E-state index in [1.54, 1.807) is 37.3 Å². The predicted octanol–water partition coefficient (Wildman–Crippen LogP) is 2.44. The van der Waals surface area contributed by atoms with Crippen molar-refractivity contribution in [2.75, 3.05) is 17.7 Å². The first-order valence-electron chi connectivity index (χ1n) is 6.99. The number of esters is 1. The highest BCUT2D eigenvalue weighted by atomic mass is 16.5. The van der Waals surface area contributed by atoms with Gasteiger partial charge in [-0.25, -0.2) is 4.79 Å². The fourth-order valence-electron chi connectivity index (χ4n) is 1.95. The number of aryl methyl sites for hydroxylation is 1. The van der Waals surface area contributed by atoms with Crippen molar-refractivity contribution in [3.63, 3.8) is 0 Å². The molecule has 2 N–H and O–H groups in total. The summed E-state index contributed by atoms with van der Waals surface area (Å²) in [4.78, 5) is 15.8. The van der Waals surface area contributed by atoms with Gasteiger partial charge in [-0.15, -0.1) is 5.10 Å². The van der Waals surface area contributed by atoms with Crippen LogP contribution < -0.4 is 10.6 Å². The standard InChI is InChI=1S/C15H14N6O3/c1-9-6-12(21-24-9)18-15-19-13(8-16-20-15)17-11-5-3-4-10(7-11)14(22)23-2/h3-8H,1-2H3,(H2,17,18,19,20,21). The molecule has 0 aliphatic rings. The molecule has 0 saturated carbocycles. The fraction of sp³-hybridized carbons (Fsp3) is 0.133. The molecule has 0 atom stereocenters. The zero-order valence-corrected chi connectivity index (χ0v) is 13.0. The number of hydrogen-bond acceptors (Lipinski definition) is 9. The molecule has 0 saturated heterocycles. The Morgan fingerprint density at radius 2 is 2.08 bits per heavy atom. The molecule has 0 aliphatic heterocycles. The van der Waals surface area contributed by atoms with Gasteiger partial charge in [-0.3, -0.25) is 0 Å². The number of carbonyl (C=O) groups is 1. The lowest BCUT2D eigenvalue weighted by atomic mass is 10.2. The molecule has 0 radical (unpaired) electrons. The second kappa shape index (κ2) is 6.73. The van der Waals surface area contributed by atoms with Gasteiger partial charge in [0.1, 0.15) is 5.76 Å². The summed E-state index contributed by atoms with van der Waals surface area (Å²) in [5, 5.41) is 17.5. The highest BCUT2D eigenvalue weighted by Gasteiger charge is 2.08. The van der Waals surface area contributed by atoms with Gasteiger partial charge in [0, 0.05) is 11.8 Å². The number of nitrogens with zero attached hydrogens (tertiary/aromatic N) is 4. The number of nitrogens with one attached hydrogen (secondary N) is 2. The van der Waals surface area contributed by atoms with Gasteiger partial charge in [0.15, 0.2) is 11.6 Å². The number of rotatable bonds is 5. The molecule has 3 rings (SSSR count). The molecule has 0 amide bonds. The van der Waals surface area contributed by atoms with Crippen LogP contribution >= 0.6 is 0 Å². The quantitative estimate of drug-likeness (QED) is 0.682. The Bertz CT molecular complexity index is 864. The molecule has 24 heavy (non-hydrogen) atoms. The number of hydrogen-bond donors (Lipinski definition) is 2. The molecule has 122 valence electrons.